The van der Waals surface area contributed by atoms with Crippen LogP contribution in [-0.2, 0) is 6.42 Å². The van der Waals surface area contributed by atoms with Gasteiger partial charge in [-0.25, -0.2) is 0 Å². The van der Waals surface area contributed by atoms with Gasteiger partial charge >= 0.3 is 0 Å². The Balaban J connectivity index is 0. The van der Waals surface area contributed by atoms with Gasteiger partial charge in [-0.2, -0.15) is 0 Å². The first-order valence-corrected chi connectivity index (χ1v) is 14.1. The highest BCUT2D eigenvalue weighted by Gasteiger charge is 2.02. The number of fused-ring (bicyclic) bond motifs is 1. The Morgan fingerprint density at radius 3 is 1.71 bits per heavy atom. The molecule has 3 aromatic carbocycles. The van der Waals surface area contributed by atoms with Crippen LogP contribution in [0.1, 0.15) is 103 Å². The quantitative estimate of drug-likeness (QED) is 0.249. The minimum absolute atomic E-state index is 0.603. The van der Waals surface area contributed by atoms with Crippen LogP contribution in [0, 0.1) is 19.3 Å². The maximum Gasteiger partial charge on any atom is 0.0302 e. The Hall–Kier alpha value is -3.37. The number of benzene rings is 3. The van der Waals surface area contributed by atoms with Gasteiger partial charge in [-0.3, -0.25) is 4.98 Å². The monoisotopic (exact) mass is 511 g/mol. The van der Waals surface area contributed by atoms with Crippen molar-refractivity contribution >= 4 is 10.8 Å². The summed E-state index contributed by atoms with van der Waals surface area (Å²) in [5, 5.41) is 2.73. The molecule has 0 aliphatic rings. The zero-order chi connectivity index (χ0) is 29.3. The molecule has 4 aromatic rings. The van der Waals surface area contributed by atoms with Gasteiger partial charge in [0.1, 0.15) is 0 Å². The van der Waals surface area contributed by atoms with Gasteiger partial charge in [0.05, 0.1) is 0 Å². The first kappa shape index (κ1) is 36.8. The molecule has 0 radical (unpaired) electrons. The van der Waals surface area contributed by atoms with E-state index in [4.69, 9.17) is 0 Å². The second-order valence-corrected chi connectivity index (χ2v) is 8.73. The van der Waals surface area contributed by atoms with Crippen LogP contribution in [0.5, 0.6) is 0 Å². The second kappa shape index (κ2) is 24.0. The third-order valence-electron chi connectivity index (χ3n) is 5.44. The first-order valence-electron chi connectivity index (χ1n) is 14.1. The van der Waals surface area contributed by atoms with Crippen molar-refractivity contribution in [3.8, 4) is 12.3 Å². The van der Waals surface area contributed by atoms with E-state index in [1.165, 1.54) is 33.0 Å². The lowest BCUT2D eigenvalue weighted by Gasteiger charge is -2.08. The van der Waals surface area contributed by atoms with E-state index in [9.17, 15) is 0 Å². The molecule has 4 rings (SSSR count). The van der Waals surface area contributed by atoms with Gasteiger partial charge < -0.3 is 0 Å². The second-order valence-electron chi connectivity index (χ2n) is 8.73. The lowest BCUT2D eigenvalue weighted by Crippen LogP contribution is -1.88. The van der Waals surface area contributed by atoms with Gasteiger partial charge in [-0.1, -0.05) is 135 Å². The van der Waals surface area contributed by atoms with Crippen LogP contribution in [0.25, 0.3) is 10.8 Å². The molecule has 0 atom stereocenters. The van der Waals surface area contributed by atoms with E-state index < -0.39 is 0 Å². The highest BCUT2D eigenvalue weighted by molar-refractivity contribution is 5.86. The van der Waals surface area contributed by atoms with Gasteiger partial charge in [0, 0.05) is 12.4 Å². The summed E-state index contributed by atoms with van der Waals surface area (Å²) >= 11 is 0. The summed E-state index contributed by atoms with van der Waals surface area (Å²) in [6.45, 7) is 22.8. The van der Waals surface area contributed by atoms with Crippen LogP contribution in [-0.4, -0.2) is 4.98 Å². The number of nitrogens with zero attached hydrogens (tertiary/aromatic N) is 1. The summed E-state index contributed by atoms with van der Waals surface area (Å²) < 4.78 is 0. The molecule has 38 heavy (non-hydrogen) atoms. The van der Waals surface area contributed by atoms with Crippen molar-refractivity contribution in [2.24, 2.45) is 0 Å². The molecule has 0 saturated carbocycles. The van der Waals surface area contributed by atoms with Crippen LogP contribution in [0.2, 0.25) is 0 Å². The number of hydrogen-bond acceptors (Lipinski definition) is 1. The molecule has 0 aliphatic carbocycles. The summed E-state index contributed by atoms with van der Waals surface area (Å²) in [7, 11) is 0. The third-order valence-corrected chi connectivity index (χ3v) is 5.44. The number of terminal acetylenes is 1. The van der Waals surface area contributed by atoms with Crippen molar-refractivity contribution in [1.29, 1.82) is 0 Å². The van der Waals surface area contributed by atoms with Crippen LogP contribution in [0.3, 0.4) is 0 Å². The van der Waals surface area contributed by atoms with E-state index in [0.29, 0.717) is 11.8 Å². The van der Waals surface area contributed by atoms with Gasteiger partial charge in [0.2, 0.25) is 0 Å². The molecule has 0 unspecified atom stereocenters. The van der Waals surface area contributed by atoms with E-state index >= 15 is 0 Å². The molecule has 1 nitrogen and oxygen atoms in total. The maximum atomic E-state index is 4.60. The van der Waals surface area contributed by atoms with Crippen LogP contribution in [0.15, 0.2) is 91.3 Å². The Morgan fingerprint density at radius 1 is 0.737 bits per heavy atom. The van der Waals surface area contributed by atoms with Crippen molar-refractivity contribution in [3.05, 3.63) is 114 Å². The normalized spacial score (nSPS) is 8.95. The molecule has 0 N–H and O–H groups in total. The van der Waals surface area contributed by atoms with Crippen LogP contribution >= 0.6 is 0 Å². The number of aryl methyl sites for hydroxylation is 2. The molecule has 0 fully saturated rings. The average molecular weight is 512 g/mol. The van der Waals surface area contributed by atoms with Gasteiger partial charge in [0.15, 0.2) is 0 Å². The lowest BCUT2D eigenvalue weighted by molar-refractivity contribution is 0.867. The maximum absolute atomic E-state index is 4.60. The summed E-state index contributed by atoms with van der Waals surface area (Å²) in [6.07, 6.45) is 9.43. The summed E-state index contributed by atoms with van der Waals surface area (Å²) in [5.41, 5.74) is 5.54. The van der Waals surface area contributed by atoms with E-state index in [-0.39, 0.29) is 0 Å². The van der Waals surface area contributed by atoms with Crippen molar-refractivity contribution in [1.82, 2.24) is 4.98 Å². The Bertz CT molecular complexity index is 1110. The molecule has 1 heterocycles. The molecule has 0 spiro atoms. The minimum Gasteiger partial charge on any atom is -0.264 e. The topological polar surface area (TPSA) is 12.9 Å². The van der Waals surface area contributed by atoms with E-state index in [0.717, 1.165) is 6.42 Å². The Kier molecular flexibility index (Phi) is 23.2. The fourth-order valence-electron chi connectivity index (χ4n) is 3.46. The van der Waals surface area contributed by atoms with Crippen LogP contribution < -0.4 is 0 Å². The van der Waals surface area contributed by atoms with E-state index in [2.05, 4.69) is 126 Å². The van der Waals surface area contributed by atoms with Gasteiger partial charge in [-0.15, -0.1) is 12.3 Å². The number of hydrogen-bond donors (Lipinski definition) is 0. The zero-order valence-corrected chi connectivity index (χ0v) is 26.0. The van der Waals surface area contributed by atoms with Crippen molar-refractivity contribution < 1.29 is 0 Å². The summed E-state index contributed by atoms with van der Waals surface area (Å²) in [4.78, 5) is 4.02. The van der Waals surface area contributed by atoms with E-state index in [1.807, 2.05) is 52.2 Å². The highest BCUT2D eigenvalue weighted by Crippen LogP contribution is 2.24. The van der Waals surface area contributed by atoms with E-state index in [1.54, 1.807) is 6.92 Å². The van der Waals surface area contributed by atoms with Crippen LogP contribution in [0.4, 0.5) is 0 Å². The molecule has 0 bridgehead atoms. The van der Waals surface area contributed by atoms with Gasteiger partial charge in [0.25, 0.3) is 0 Å². The molecule has 0 saturated heterocycles. The number of aromatic nitrogens is 1. The molecule has 206 valence electrons. The predicted octanol–water partition coefficient (Wildman–Crippen LogP) is 11.4. The van der Waals surface area contributed by atoms with Crippen molar-refractivity contribution in [3.63, 3.8) is 0 Å². The standard InChI is InChI=1S/C13H14.C9H12.C8H11N.C3H4.2C2H6/c1-10(2)12-9-5-7-11-6-3-4-8-13(11)12;1-8(2)9-6-4-3-5-7-9;1-3-8-6-9-5-4-7(8)2;1-3-2;2*1-2/h3-10H,1-2H3;3-8H,1-2H3;4-6H,3H2,1-2H3;1H,2H3;2*1-2H3. The average Bonchev–Trinajstić information content (AvgIpc) is 2.96. The Morgan fingerprint density at radius 2 is 1.26 bits per heavy atom. The fourth-order valence-corrected chi connectivity index (χ4v) is 3.46. The SMILES string of the molecule is C#CC.CC.CC.CC(C)c1cccc2ccccc12.CC(C)c1ccccc1.CCc1cnccc1C. The largest absolute Gasteiger partial charge is 0.264 e. The fraction of sp³-hybridized carbons (Fsp3) is 0.378. The molecule has 1 heteroatoms. The van der Waals surface area contributed by atoms with Crippen molar-refractivity contribution in [2.75, 3.05) is 0 Å². The minimum atomic E-state index is 0.603. The zero-order valence-electron chi connectivity index (χ0n) is 26.0. The smallest absolute Gasteiger partial charge is 0.0302 e. The molecule has 1 aromatic heterocycles. The van der Waals surface area contributed by atoms with Crippen molar-refractivity contribution in [2.45, 2.75) is 94.4 Å². The number of pyridine rings is 1. The predicted molar refractivity (Wildman–Crippen MR) is 174 cm³/mol. The third kappa shape index (κ3) is 15.0. The molecular formula is C37H53N. The Labute approximate surface area is 235 Å². The highest BCUT2D eigenvalue weighted by atomic mass is 14.6. The summed E-state index contributed by atoms with van der Waals surface area (Å²) in [5.74, 6) is 3.51. The van der Waals surface area contributed by atoms with Gasteiger partial charge in [-0.05, 0) is 71.2 Å². The number of rotatable bonds is 3. The molecule has 0 amide bonds. The molecule has 0 aliphatic heterocycles. The summed E-state index contributed by atoms with van der Waals surface area (Å²) in [6, 6.07) is 27.6. The first-order chi connectivity index (χ1) is 18.3. The lowest BCUT2D eigenvalue weighted by atomic mass is 9.96. The molecular weight excluding hydrogens is 458 g/mol.